The standard InChI is InChI=1S/C18H26O11/c1-9(19)25-14-13(5-6-18(23)7-24-8-18)29-17(28-12(4)22)16(27-11(3)21)15(14)26-10(2)20/h13-17,23H,5-8H2,1-4H3/t13-,14-,15+,16+,17+/m1/s1. The molecule has 164 valence electrons. The Balaban J connectivity index is 2.33. The van der Waals surface area contributed by atoms with E-state index in [0.717, 1.165) is 27.7 Å². The van der Waals surface area contributed by atoms with Gasteiger partial charge in [-0.05, 0) is 12.8 Å². The average molecular weight is 418 g/mol. The van der Waals surface area contributed by atoms with Crippen molar-refractivity contribution < 1.29 is 52.7 Å². The molecular formula is C18H26O11. The third-order valence-corrected chi connectivity index (χ3v) is 4.42. The van der Waals surface area contributed by atoms with E-state index in [2.05, 4.69) is 0 Å². The second-order valence-electron chi connectivity index (χ2n) is 7.13. The fourth-order valence-electron chi connectivity index (χ4n) is 3.24. The summed E-state index contributed by atoms with van der Waals surface area (Å²) in [5, 5.41) is 10.3. The van der Waals surface area contributed by atoms with Gasteiger partial charge in [0.25, 0.3) is 0 Å². The van der Waals surface area contributed by atoms with Crippen molar-refractivity contribution in [3.8, 4) is 0 Å². The maximum Gasteiger partial charge on any atom is 0.305 e. The highest BCUT2D eigenvalue weighted by atomic mass is 16.7. The molecule has 11 heteroatoms. The van der Waals surface area contributed by atoms with Gasteiger partial charge in [0, 0.05) is 27.7 Å². The molecule has 1 N–H and O–H groups in total. The van der Waals surface area contributed by atoms with Crippen LogP contribution in [0.3, 0.4) is 0 Å². The van der Waals surface area contributed by atoms with Crippen molar-refractivity contribution in [2.75, 3.05) is 13.2 Å². The summed E-state index contributed by atoms with van der Waals surface area (Å²) in [6, 6.07) is 0. The van der Waals surface area contributed by atoms with E-state index in [-0.39, 0.29) is 26.1 Å². The van der Waals surface area contributed by atoms with Crippen molar-refractivity contribution >= 4 is 23.9 Å². The van der Waals surface area contributed by atoms with E-state index >= 15 is 0 Å². The van der Waals surface area contributed by atoms with Crippen LogP contribution < -0.4 is 0 Å². The van der Waals surface area contributed by atoms with E-state index in [1.54, 1.807) is 0 Å². The maximum atomic E-state index is 11.7. The molecule has 2 aliphatic rings. The lowest BCUT2D eigenvalue weighted by atomic mass is 9.89. The Bertz CT molecular complexity index is 642. The maximum absolute atomic E-state index is 11.7. The summed E-state index contributed by atoms with van der Waals surface area (Å²) in [7, 11) is 0. The summed E-state index contributed by atoms with van der Waals surface area (Å²) < 4.78 is 31.7. The number of hydrogen-bond acceptors (Lipinski definition) is 11. The van der Waals surface area contributed by atoms with Crippen molar-refractivity contribution in [2.24, 2.45) is 0 Å². The molecule has 5 atom stereocenters. The van der Waals surface area contributed by atoms with E-state index in [4.69, 9.17) is 28.4 Å². The first-order valence-electron chi connectivity index (χ1n) is 9.15. The van der Waals surface area contributed by atoms with Gasteiger partial charge in [0.15, 0.2) is 12.2 Å². The van der Waals surface area contributed by atoms with Crippen LogP contribution in [0.15, 0.2) is 0 Å². The van der Waals surface area contributed by atoms with Gasteiger partial charge >= 0.3 is 23.9 Å². The molecule has 0 spiro atoms. The van der Waals surface area contributed by atoms with E-state index < -0.39 is 60.2 Å². The molecule has 2 aliphatic heterocycles. The van der Waals surface area contributed by atoms with E-state index in [0.29, 0.717) is 0 Å². The van der Waals surface area contributed by atoms with Gasteiger partial charge in [0.1, 0.15) is 11.7 Å². The molecule has 0 aromatic heterocycles. The summed E-state index contributed by atoms with van der Waals surface area (Å²) in [6.45, 7) is 4.85. The second-order valence-corrected chi connectivity index (χ2v) is 7.13. The number of carbonyl (C=O) groups is 4. The average Bonchev–Trinajstić information content (AvgIpc) is 2.55. The SMILES string of the molecule is CC(=O)O[C@H]1O[C@H](CCC2(O)COC2)[C@@H](OC(C)=O)[C@H](OC(C)=O)[C@@H]1OC(C)=O. The first-order chi connectivity index (χ1) is 13.5. The molecular weight excluding hydrogens is 392 g/mol. The fraction of sp³-hybridized carbons (Fsp3) is 0.778. The van der Waals surface area contributed by atoms with Gasteiger partial charge in [-0.1, -0.05) is 0 Å². The highest BCUT2D eigenvalue weighted by Crippen LogP contribution is 2.33. The monoisotopic (exact) mass is 418 g/mol. The Morgan fingerprint density at radius 2 is 1.31 bits per heavy atom. The quantitative estimate of drug-likeness (QED) is 0.426. The number of hydrogen-bond donors (Lipinski definition) is 1. The van der Waals surface area contributed by atoms with Gasteiger partial charge in [-0.2, -0.15) is 0 Å². The molecule has 0 amide bonds. The molecule has 0 aromatic carbocycles. The Labute approximate surface area is 167 Å². The predicted molar refractivity (Wildman–Crippen MR) is 92.1 cm³/mol. The van der Waals surface area contributed by atoms with Crippen molar-refractivity contribution in [1.29, 1.82) is 0 Å². The molecule has 0 bridgehead atoms. The van der Waals surface area contributed by atoms with Crippen molar-refractivity contribution in [1.82, 2.24) is 0 Å². The first-order valence-corrected chi connectivity index (χ1v) is 9.15. The largest absolute Gasteiger partial charge is 0.456 e. The highest BCUT2D eigenvalue weighted by Gasteiger charge is 2.53. The minimum atomic E-state index is -1.40. The summed E-state index contributed by atoms with van der Waals surface area (Å²) in [6.07, 6.45) is -5.70. The number of esters is 4. The van der Waals surface area contributed by atoms with Gasteiger partial charge < -0.3 is 33.5 Å². The number of ether oxygens (including phenoxy) is 6. The van der Waals surface area contributed by atoms with Crippen molar-refractivity contribution in [3.05, 3.63) is 0 Å². The van der Waals surface area contributed by atoms with E-state index in [9.17, 15) is 24.3 Å². The number of carbonyl (C=O) groups excluding carboxylic acids is 4. The molecule has 0 saturated carbocycles. The van der Waals surface area contributed by atoms with E-state index in [1.165, 1.54) is 0 Å². The molecule has 2 fully saturated rings. The third-order valence-electron chi connectivity index (χ3n) is 4.42. The summed E-state index contributed by atoms with van der Waals surface area (Å²) in [4.78, 5) is 46.4. The zero-order chi connectivity index (χ0) is 21.8. The predicted octanol–water partition coefficient (Wildman–Crippen LogP) is -0.389. The Morgan fingerprint density at radius 3 is 1.76 bits per heavy atom. The lowest BCUT2D eigenvalue weighted by Crippen LogP contribution is -2.62. The normalized spacial score (nSPS) is 30.4. The van der Waals surface area contributed by atoms with Crippen LogP contribution in [0.25, 0.3) is 0 Å². The van der Waals surface area contributed by atoms with Crippen LogP contribution in [0.4, 0.5) is 0 Å². The number of aliphatic hydroxyl groups is 1. The van der Waals surface area contributed by atoms with E-state index in [1.807, 2.05) is 0 Å². The minimum absolute atomic E-state index is 0.148. The van der Waals surface area contributed by atoms with Crippen LogP contribution in [0.5, 0.6) is 0 Å². The molecule has 2 heterocycles. The Kier molecular flexibility index (Phi) is 7.55. The zero-order valence-electron chi connectivity index (χ0n) is 16.7. The molecule has 2 saturated heterocycles. The lowest BCUT2D eigenvalue weighted by Gasteiger charge is -2.45. The molecule has 11 nitrogen and oxygen atoms in total. The van der Waals surface area contributed by atoms with Crippen LogP contribution in [-0.2, 0) is 47.6 Å². The lowest BCUT2D eigenvalue weighted by molar-refractivity contribution is -0.298. The van der Waals surface area contributed by atoms with Crippen LogP contribution in [0, 0.1) is 0 Å². The van der Waals surface area contributed by atoms with Gasteiger partial charge in [0.2, 0.25) is 12.4 Å². The molecule has 0 unspecified atom stereocenters. The molecule has 0 radical (unpaired) electrons. The van der Waals surface area contributed by atoms with Crippen LogP contribution in [0.2, 0.25) is 0 Å². The zero-order valence-corrected chi connectivity index (χ0v) is 16.7. The Morgan fingerprint density at radius 1 is 0.828 bits per heavy atom. The molecule has 0 aliphatic carbocycles. The summed E-state index contributed by atoms with van der Waals surface area (Å²) >= 11 is 0. The van der Waals surface area contributed by atoms with Gasteiger partial charge in [-0.15, -0.1) is 0 Å². The minimum Gasteiger partial charge on any atom is -0.456 e. The van der Waals surface area contributed by atoms with Crippen molar-refractivity contribution in [2.45, 2.75) is 76.8 Å². The fourth-order valence-corrected chi connectivity index (χ4v) is 3.24. The van der Waals surface area contributed by atoms with Crippen molar-refractivity contribution in [3.63, 3.8) is 0 Å². The summed E-state index contributed by atoms with van der Waals surface area (Å²) in [5.41, 5.74) is -1.05. The van der Waals surface area contributed by atoms with Gasteiger partial charge in [-0.25, -0.2) is 0 Å². The van der Waals surface area contributed by atoms with Gasteiger partial charge in [0.05, 0.1) is 13.2 Å². The molecule has 29 heavy (non-hydrogen) atoms. The third kappa shape index (κ3) is 6.38. The van der Waals surface area contributed by atoms with Crippen LogP contribution >= 0.6 is 0 Å². The van der Waals surface area contributed by atoms with Crippen LogP contribution in [-0.4, -0.2) is 78.5 Å². The molecule has 2 rings (SSSR count). The number of rotatable bonds is 7. The van der Waals surface area contributed by atoms with Crippen LogP contribution in [0.1, 0.15) is 40.5 Å². The Hall–Kier alpha value is -2.24. The second kappa shape index (κ2) is 9.51. The summed E-state index contributed by atoms with van der Waals surface area (Å²) in [5.74, 6) is -2.87. The van der Waals surface area contributed by atoms with Gasteiger partial charge in [-0.3, -0.25) is 19.2 Å². The smallest absolute Gasteiger partial charge is 0.305 e. The topological polar surface area (TPSA) is 144 Å². The first kappa shape index (κ1) is 23.0. The molecule has 0 aromatic rings. The highest BCUT2D eigenvalue weighted by molar-refractivity contribution is 5.69.